The van der Waals surface area contributed by atoms with Crippen molar-refractivity contribution in [2.75, 3.05) is 0 Å². The van der Waals surface area contributed by atoms with Crippen molar-refractivity contribution in [3.8, 4) is 0 Å². The first-order chi connectivity index (χ1) is 7.27. The lowest BCUT2D eigenvalue weighted by molar-refractivity contribution is 0.0680. The molecule has 2 aliphatic carbocycles. The standard InChI is InChI=1S/C10H13N3O2/c14-10(15)9-8(6-2-1-3-6)11-12-13(9)7-4-5-7/h6-7H,1-5H2,(H,14,15). The van der Waals surface area contributed by atoms with Crippen LogP contribution in [0.5, 0.6) is 0 Å². The Morgan fingerprint density at radius 2 is 2.07 bits per heavy atom. The molecule has 0 radical (unpaired) electrons. The molecule has 1 N–H and O–H groups in total. The molecule has 0 atom stereocenters. The lowest BCUT2D eigenvalue weighted by atomic mass is 9.82. The zero-order chi connectivity index (χ0) is 10.4. The van der Waals surface area contributed by atoms with Crippen molar-refractivity contribution in [1.29, 1.82) is 0 Å². The van der Waals surface area contributed by atoms with Crippen LogP contribution in [-0.4, -0.2) is 26.1 Å². The molecule has 5 heteroatoms. The number of carboxylic acids is 1. The van der Waals surface area contributed by atoms with Crippen LogP contribution >= 0.6 is 0 Å². The van der Waals surface area contributed by atoms with Crippen LogP contribution in [-0.2, 0) is 0 Å². The predicted octanol–water partition coefficient (Wildman–Crippen LogP) is 1.58. The number of carboxylic acid groups (broad SMARTS) is 1. The van der Waals surface area contributed by atoms with E-state index < -0.39 is 5.97 Å². The van der Waals surface area contributed by atoms with E-state index in [4.69, 9.17) is 0 Å². The van der Waals surface area contributed by atoms with Gasteiger partial charge in [0.15, 0.2) is 5.69 Å². The monoisotopic (exact) mass is 207 g/mol. The molecule has 15 heavy (non-hydrogen) atoms. The van der Waals surface area contributed by atoms with E-state index in [0.29, 0.717) is 17.3 Å². The average Bonchev–Trinajstić information content (AvgIpc) is 2.85. The molecular weight excluding hydrogens is 194 g/mol. The molecule has 0 bridgehead atoms. The fourth-order valence-corrected chi connectivity index (χ4v) is 2.04. The van der Waals surface area contributed by atoms with E-state index in [-0.39, 0.29) is 6.04 Å². The van der Waals surface area contributed by atoms with Gasteiger partial charge in [-0.15, -0.1) is 5.10 Å². The summed E-state index contributed by atoms with van der Waals surface area (Å²) in [6.45, 7) is 0. The lowest BCUT2D eigenvalue weighted by Gasteiger charge is -2.23. The third kappa shape index (κ3) is 1.33. The number of nitrogens with zero attached hydrogens (tertiary/aromatic N) is 3. The topological polar surface area (TPSA) is 68.0 Å². The van der Waals surface area contributed by atoms with E-state index in [0.717, 1.165) is 25.7 Å². The second kappa shape index (κ2) is 3.05. The molecule has 1 aromatic rings. The number of aromatic nitrogens is 3. The Kier molecular flexibility index (Phi) is 1.81. The Bertz CT molecular complexity index is 405. The van der Waals surface area contributed by atoms with Crippen molar-refractivity contribution < 1.29 is 9.90 Å². The fraction of sp³-hybridized carbons (Fsp3) is 0.700. The Morgan fingerprint density at radius 1 is 1.33 bits per heavy atom. The molecule has 0 spiro atoms. The van der Waals surface area contributed by atoms with Gasteiger partial charge in [0.05, 0.1) is 6.04 Å². The first-order valence-corrected chi connectivity index (χ1v) is 5.45. The van der Waals surface area contributed by atoms with E-state index >= 15 is 0 Å². The van der Waals surface area contributed by atoms with Gasteiger partial charge in [0.1, 0.15) is 5.69 Å². The van der Waals surface area contributed by atoms with Gasteiger partial charge in [-0.2, -0.15) is 0 Å². The summed E-state index contributed by atoms with van der Waals surface area (Å²) in [5.41, 5.74) is 1.04. The van der Waals surface area contributed by atoms with Crippen molar-refractivity contribution >= 4 is 5.97 Å². The molecule has 0 aliphatic heterocycles. The molecule has 0 aromatic carbocycles. The molecule has 0 unspecified atom stereocenters. The van der Waals surface area contributed by atoms with Gasteiger partial charge in [-0.3, -0.25) is 0 Å². The number of aromatic carboxylic acids is 1. The smallest absolute Gasteiger partial charge is 0.356 e. The van der Waals surface area contributed by atoms with Gasteiger partial charge in [0, 0.05) is 5.92 Å². The highest BCUT2D eigenvalue weighted by Crippen LogP contribution is 2.40. The second-order valence-corrected chi connectivity index (χ2v) is 4.43. The van der Waals surface area contributed by atoms with Gasteiger partial charge < -0.3 is 5.11 Å². The number of carbonyl (C=O) groups is 1. The summed E-state index contributed by atoms with van der Waals surface area (Å²) in [6, 6.07) is 0.289. The molecule has 2 fully saturated rings. The summed E-state index contributed by atoms with van der Waals surface area (Å²) < 4.78 is 1.61. The van der Waals surface area contributed by atoms with Crippen molar-refractivity contribution in [2.24, 2.45) is 0 Å². The van der Waals surface area contributed by atoms with Crippen molar-refractivity contribution in [1.82, 2.24) is 15.0 Å². The van der Waals surface area contributed by atoms with Crippen LogP contribution in [0.3, 0.4) is 0 Å². The number of hydrogen-bond acceptors (Lipinski definition) is 3. The maximum absolute atomic E-state index is 11.2. The van der Waals surface area contributed by atoms with Crippen LogP contribution in [0, 0.1) is 0 Å². The van der Waals surface area contributed by atoms with E-state index in [9.17, 15) is 9.90 Å². The highest BCUT2D eigenvalue weighted by molar-refractivity contribution is 5.87. The molecule has 5 nitrogen and oxygen atoms in total. The summed E-state index contributed by atoms with van der Waals surface area (Å²) >= 11 is 0. The minimum Gasteiger partial charge on any atom is -0.476 e. The van der Waals surface area contributed by atoms with Crippen LogP contribution in [0.1, 0.15) is 60.2 Å². The summed E-state index contributed by atoms with van der Waals surface area (Å²) in [7, 11) is 0. The third-order valence-corrected chi connectivity index (χ3v) is 3.31. The second-order valence-electron chi connectivity index (χ2n) is 4.43. The first-order valence-electron chi connectivity index (χ1n) is 5.45. The predicted molar refractivity (Wildman–Crippen MR) is 51.8 cm³/mol. The van der Waals surface area contributed by atoms with Crippen LogP contribution in [0.25, 0.3) is 0 Å². The van der Waals surface area contributed by atoms with Crippen molar-refractivity contribution in [3.63, 3.8) is 0 Å². The largest absolute Gasteiger partial charge is 0.476 e. The van der Waals surface area contributed by atoms with Gasteiger partial charge in [0.25, 0.3) is 0 Å². The molecule has 1 heterocycles. The Hall–Kier alpha value is -1.39. The molecule has 3 rings (SSSR count). The van der Waals surface area contributed by atoms with E-state index in [2.05, 4.69) is 10.3 Å². The maximum atomic E-state index is 11.2. The highest BCUT2D eigenvalue weighted by Gasteiger charge is 2.35. The van der Waals surface area contributed by atoms with Gasteiger partial charge in [-0.1, -0.05) is 11.6 Å². The first kappa shape index (κ1) is 8.88. The summed E-state index contributed by atoms with van der Waals surface area (Å²) in [4.78, 5) is 11.2. The fourth-order valence-electron chi connectivity index (χ4n) is 2.04. The minimum atomic E-state index is -0.881. The van der Waals surface area contributed by atoms with Crippen molar-refractivity contribution in [3.05, 3.63) is 11.4 Å². The van der Waals surface area contributed by atoms with Gasteiger partial charge in [-0.05, 0) is 25.7 Å². The molecule has 1 aromatic heterocycles. The van der Waals surface area contributed by atoms with E-state index in [1.165, 1.54) is 6.42 Å². The van der Waals surface area contributed by atoms with E-state index in [1.54, 1.807) is 4.68 Å². The van der Waals surface area contributed by atoms with Gasteiger partial charge in [-0.25, -0.2) is 9.48 Å². The van der Waals surface area contributed by atoms with Crippen LogP contribution in [0.2, 0.25) is 0 Å². The molecule has 80 valence electrons. The van der Waals surface area contributed by atoms with E-state index in [1.807, 2.05) is 0 Å². The zero-order valence-electron chi connectivity index (χ0n) is 8.39. The third-order valence-electron chi connectivity index (χ3n) is 3.31. The quantitative estimate of drug-likeness (QED) is 0.817. The summed E-state index contributed by atoms with van der Waals surface area (Å²) in [6.07, 6.45) is 5.37. The average molecular weight is 207 g/mol. The minimum absolute atomic E-state index is 0.289. The normalized spacial score (nSPS) is 21.3. The molecule has 0 saturated heterocycles. The SMILES string of the molecule is O=C(O)c1c(C2CCC2)nnn1C1CC1. The summed E-state index contributed by atoms with van der Waals surface area (Å²) in [5.74, 6) is -0.544. The lowest BCUT2D eigenvalue weighted by Crippen LogP contribution is -2.16. The molecular formula is C10H13N3O2. The Labute approximate surface area is 87.1 Å². The molecule has 2 saturated carbocycles. The Morgan fingerprint density at radius 3 is 2.53 bits per heavy atom. The van der Waals surface area contributed by atoms with Crippen LogP contribution < -0.4 is 0 Å². The Balaban J connectivity index is 2.01. The summed E-state index contributed by atoms with van der Waals surface area (Å²) in [5, 5.41) is 17.2. The number of hydrogen-bond donors (Lipinski definition) is 1. The van der Waals surface area contributed by atoms with Crippen molar-refractivity contribution in [2.45, 2.75) is 44.1 Å². The van der Waals surface area contributed by atoms with Gasteiger partial charge >= 0.3 is 5.97 Å². The maximum Gasteiger partial charge on any atom is 0.356 e. The molecule has 0 amide bonds. The van der Waals surface area contributed by atoms with Crippen LogP contribution in [0.4, 0.5) is 0 Å². The highest BCUT2D eigenvalue weighted by atomic mass is 16.4. The zero-order valence-corrected chi connectivity index (χ0v) is 8.39. The van der Waals surface area contributed by atoms with Gasteiger partial charge in [0.2, 0.25) is 0 Å². The van der Waals surface area contributed by atoms with Crippen LogP contribution in [0.15, 0.2) is 0 Å². The molecule has 2 aliphatic rings. The number of rotatable bonds is 3.